The van der Waals surface area contributed by atoms with Crippen molar-refractivity contribution in [1.82, 2.24) is 20.1 Å². The highest BCUT2D eigenvalue weighted by atomic mass is 16.4. The Labute approximate surface area is 112 Å². The van der Waals surface area contributed by atoms with E-state index in [1.54, 1.807) is 20.9 Å². The topological polar surface area (TPSA) is 99.2 Å². The van der Waals surface area contributed by atoms with Gasteiger partial charge in [0, 0.05) is 13.5 Å². The summed E-state index contributed by atoms with van der Waals surface area (Å²) in [7, 11) is 1.63. The van der Waals surface area contributed by atoms with Crippen LogP contribution in [0.15, 0.2) is 6.33 Å². The first-order valence-electron chi connectivity index (χ1n) is 6.26. The van der Waals surface area contributed by atoms with Crippen LogP contribution in [-0.4, -0.2) is 44.1 Å². The first-order chi connectivity index (χ1) is 8.95. The van der Waals surface area contributed by atoms with Crippen molar-refractivity contribution in [3.8, 4) is 0 Å². The van der Waals surface area contributed by atoms with Crippen molar-refractivity contribution >= 4 is 11.9 Å². The van der Waals surface area contributed by atoms with Crippen molar-refractivity contribution in [1.29, 1.82) is 0 Å². The van der Waals surface area contributed by atoms with Crippen LogP contribution in [0.1, 0.15) is 38.9 Å². The molecule has 2 N–H and O–H groups in total. The van der Waals surface area contributed by atoms with Gasteiger partial charge in [0.05, 0.1) is 12.0 Å². The van der Waals surface area contributed by atoms with Gasteiger partial charge in [0.15, 0.2) is 0 Å². The third kappa shape index (κ3) is 3.52. The second kappa shape index (κ2) is 6.31. The normalized spacial score (nSPS) is 11.3. The average Bonchev–Trinajstić information content (AvgIpc) is 2.88. The van der Waals surface area contributed by atoms with Crippen LogP contribution in [0.5, 0.6) is 0 Å². The molecule has 1 aromatic rings. The van der Waals surface area contributed by atoms with Gasteiger partial charge in [0.25, 0.3) is 0 Å². The molecule has 0 atom stereocenters. The minimum Gasteiger partial charge on any atom is -0.481 e. The van der Waals surface area contributed by atoms with E-state index in [1.165, 1.54) is 11.2 Å². The van der Waals surface area contributed by atoms with E-state index in [-0.39, 0.29) is 12.3 Å². The summed E-state index contributed by atoms with van der Waals surface area (Å²) >= 11 is 0. The van der Waals surface area contributed by atoms with Crippen LogP contribution in [0.25, 0.3) is 0 Å². The number of nitrogens with zero attached hydrogens (tertiary/aromatic N) is 3. The highest BCUT2D eigenvalue weighted by molar-refractivity contribution is 5.84. The Hall–Kier alpha value is -1.92. The van der Waals surface area contributed by atoms with Gasteiger partial charge in [0.1, 0.15) is 12.2 Å². The van der Waals surface area contributed by atoms with Crippen molar-refractivity contribution < 1.29 is 14.7 Å². The van der Waals surface area contributed by atoms with Gasteiger partial charge in [-0.15, -0.1) is 0 Å². The lowest BCUT2D eigenvalue weighted by molar-refractivity contribution is -0.154. The molecule has 0 saturated carbocycles. The van der Waals surface area contributed by atoms with Crippen LogP contribution in [0, 0.1) is 5.41 Å². The number of aromatic amines is 1. The molecular weight excluding hydrogens is 248 g/mol. The molecule has 1 heterocycles. The zero-order chi connectivity index (χ0) is 14.5. The van der Waals surface area contributed by atoms with E-state index in [0.717, 1.165) is 0 Å². The highest BCUT2D eigenvalue weighted by Gasteiger charge is 2.37. The zero-order valence-electron chi connectivity index (χ0n) is 11.5. The number of H-pyrrole nitrogens is 1. The maximum atomic E-state index is 12.1. The van der Waals surface area contributed by atoms with Crippen LogP contribution in [0.2, 0.25) is 0 Å². The lowest BCUT2D eigenvalue weighted by Crippen LogP contribution is -2.37. The largest absolute Gasteiger partial charge is 0.481 e. The first kappa shape index (κ1) is 15.1. The van der Waals surface area contributed by atoms with Gasteiger partial charge < -0.3 is 10.0 Å². The fourth-order valence-electron chi connectivity index (χ4n) is 1.92. The zero-order valence-corrected chi connectivity index (χ0v) is 11.5. The first-order valence-corrected chi connectivity index (χ1v) is 6.26. The molecule has 0 aliphatic rings. The molecule has 1 rings (SSSR count). The Morgan fingerprint density at radius 3 is 2.47 bits per heavy atom. The molecule has 0 aliphatic carbocycles. The maximum absolute atomic E-state index is 12.1. The average molecular weight is 268 g/mol. The Balaban J connectivity index is 2.69. The molecule has 7 nitrogen and oxygen atoms in total. The summed E-state index contributed by atoms with van der Waals surface area (Å²) in [6.07, 6.45) is 2.23. The molecule has 1 amide bonds. The lowest BCUT2D eigenvalue weighted by atomic mass is 9.79. The van der Waals surface area contributed by atoms with Crippen LogP contribution < -0.4 is 0 Å². The number of hydrogen-bond acceptors (Lipinski definition) is 4. The minimum absolute atomic E-state index is 0.0000293. The molecule has 0 aliphatic heterocycles. The summed E-state index contributed by atoms with van der Waals surface area (Å²) < 4.78 is 0. The van der Waals surface area contributed by atoms with E-state index >= 15 is 0 Å². The summed E-state index contributed by atoms with van der Waals surface area (Å²) in [6.45, 7) is 3.88. The Morgan fingerprint density at radius 2 is 2.05 bits per heavy atom. The number of carbonyl (C=O) groups excluding carboxylic acids is 1. The van der Waals surface area contributed by atoms with Crippen molar-refractivity contribution in [2.45, 2.75) is 39.7 Å². The Bertz CT molecular complexity index is 426. The molecule has 0 radical (unpaired) electrons. The predicted octanol–water partition coefficient (Wildman–Crippen LogP) is 1.04. The van der Waals surface area contributed by atoms with Crippen LogP contribution >= 0.6 is 0 Å². The van der Waals surface area contributed by atoms with Gasteiger partial charge in [-0.2, -0.15) is 5.10 Å². The standard InChI is InChI=1S/C12H20N4O3/c1-4-12(5-2,11(18)19)6-10(17)16(3)7-9-13-8-14-15-9/h8H,4-7H2,1-3H3,(H,18,19)(H,13,14,15). The lowest BCUT2D eigenvalue weighted by Gasteiger charge is -2.28. The van der Waals surface area contributed by atoms with E-state index in [1.807, 2.05) is 0 Å². The van der Waals surface area contributed by atoms with Gasteiger partial charge in [-0.3, -0.25) is 14.7 Å². The number of hydrogen-bond donors (Lipinski definition) is 2. The molecule has 0 unspecified atom stereocenters. The summed E-state index contributed by atoms with van der Waals surface area (Å²) in [5.41, 5.74) is -0.979. The number of carbonyl (C=O) groups is 2. The number of rotatable bonds is 7. The van der Waals surface area contributed by atoms with Crippen molar-refractivity contribution in [2.75, 3.05) is 7.05 Å². The van der Waals surface area contributed by atoms with Gasteiger partial charge in [-0.1, -0.05) is 13.8 Å². The SMILES string of the molecule is CCC(CC)(CC(=O)N(C)Cc1ncn[nH]1)C(=O)O. The second-order valence-corrected chi connectivity index (χ2v) is 4.65. The molecular formula is C12H20N4O3. The Kier molecular flexibility index (Phi) is 5.02. The van der Waals surface area contributed by atoms with Crippen molar-refractivity contribution in [3.63, 3.8) is 0 Å². The number of carboxylic acid groups (broad SMARTS) is 1. The van der Waals surface area contributed by atoms with E-state index in [2.05, 4.69) is 15.2 Å². The van der Waals surface area contributed by atoms with E-state index in [0.29, 0.717) is 25.2 Å². The highest BCUT2D eigenvalue weighted by Crippen LogP contribution is 2.31. The quantitative estimate of drug-likeness (QED) is 0.769. The van der Waals surface area contributed by atoms with Crippen LogP contribution in [0.3, 0.4) is 0 Å². The molecule has 0 saturated heterocycles. The van der Waals surface area contributed by atoms with Gasteiger partial charge >= 0.3 is 5.97 Å². The number of amides is 1. The van der Waals surface area contributed by atoms with Crippen molar-refractivity contribution in [2.24, 2.45) is 5.41 Å². The van der Waals surface area contributed by atoms with Crippen molar-refractivity contribution in [3.05, 3.63) is 12.2 Å². The monoisotopic (exact) mass is 268 g/mol. The second-order valence-electron chi connectivity index (χ2n) is 4.65. The molecule has 0 spiro atoms. The van der Waals surface area contributed by atoms with Gasteiger partial charge in [0.2, 0.25) is 5.91 Å². The summed E-state index contributed by atoms with van der Waals surface area (Å²) in [5, 5.41) is 15.7. The van der Waals surface area contributed by atoms with Gasteiger partial charge in [-0.05, 0) is 12.8 Å². The summed E-state index contributed by atoms with van der Waals surface area (Å²) in [5.74, 6) is -0.550. The minimum atomic E-state index is -0.979. The van der Waals surface area contributed by atoms with Gasteiger partial charge in [-0.25, -0.2) is 4.98 Å². The molecule has 0 bridgehead atoms. The number of aliphatic carboxylic acids is 1. The third-order valence-electron chi connectivity index (χ3n) is 3.57. The molecule has 106 valence electrons. The van der Waals surface area contributed by atoms with E-state index in [9.17, 15) is 14.7 Å². The smallest absolute Gasteiger partial charge is 0.310 e. The van der Waals surface area contributed by atoms with E-state index < -0.39 is 11.4 Å². The third-order valence-corrected chi connectivity index (χ3v) is 3.57. The number of aromatic nitrogens is 3. The molecule has 0 fully saturated rings. The predicted molar refractivity (Wildman–Crippen MR) is 68.1 cm³/mol. The summed E-state index contributed by atoms with van der Waals surface area (Å²) in [4.78, 5) is 28.9. The number of nitrogens with one attached hydrogen (secondary N) is 1. The Morgan fingerprint density at radius 1 is 1.42 bits per heavy atom. The molecule has 1 aromatic heterocycles. The van der Waals surface area contributed by atoms with Crippen LogP contribution in [-0.2, 0) is 16.1 Å². The summed E-state index contributed by atoms with van der Waals surface area (Å²) in [6, 6.07) is 0. The fourth-order valence-corrected chi connectivity index (χ4v) is 1.92. The van der Waals surface area contributed by atoms with E-state index in [4.69, 9.17) is 0 Å². The number of carboxylic acids is 1. The maximum Gasteiger partial charge on any atom is 0.310 e. The molecule has 7 heteroatoms. The van der Waals surface area contributed by atoms with Crippen LogP contribution in [0.4, 0.5) is 0 Å². The fraction of sp³-hybridized carbons (Fsp3) is 0.667. The molecule has 0 aromatic carbocycles. The molecule has 19 heavy (non-hydrogen) atoms.